The number of carbonyl (C=O) groups is 2. The number of ketones is 1. The van der Waals surface area contributed by atoms with E-state index in [0.29, 0.717) is 60.4 Å². The van der Waals surface area contributed by atoms with E-state index in [-0.39, 0.29) is 30.2 Å². The third kappa shape index (κ3) is 5.37. The van der Waals surface area contributed by atoms with E-state index in [2.05, 4.69) is 0 Å². The van der Waals surface area contributed by atoms with Crippen molar-refractivity contribution in [2.75, 3.05) is 33.4 Å². The van der Waals surface area contributed by atoms with Gasteiger partial charge in [0.15, 0.2) is 11.5 Å². The van der Waals surface area contributed by atoms with Crippen LogP contribution in [0.1, 0.15) is 29.3 Å². The Morgan fingerprint density at radius 2 is 1.88 bits per heavy atom. The summed E-state index contributed by atoms with van der Waals surface area (Å²) in [6.07, 6.45) is 0.811. The molecule has 1 unspecified atom stereocenters. The number of hydrogen-bond acceptors (Lipinski definition) is 5. The number of amides is 1. The molecule has 178 valence electrons. The summed E-state index contributed by atoms with van der Waals surface area (Å²) >= 11 is 0. The highest BCUT2D eigenvalue weighted by Gasteiger charge is 2.27. The second-order valence-electron chi connectivity index (χ2n) is 8.38. The molecule has 1 amide bonds. The first-order valence-electron chi connectivity index (χ1n) is 11.3. The maximum absolute atomic E-state index is 14.2. The lowest BCUT2D eigenvalue weighted by molar-refractivity contribution is -0.116. The number of benzene rings is 3. The second kappa shape index (κ2) is 10.7. The zero-order valence-corrected chi connectivity index (χ0v) is 19.4. The molecule has 0 N–H and O–H groups in total. The van der Waals surface area contributed by atoms with E-state index < -0.39 is 0 Å². The molecular formula is C27H28FNO5. The van der Waals surface area contributed by atoms with E-state index in [9.17, 15) is 14.0 Å². The van der Waals surface area contributed by atoms with Crippen LogP contribution < -0.4 is 9.47 Å². The van der Waals surface area contributed by atoms with Crippen molar-refractivity contribution in [1.29, 1.82) is 0 Å². The molecule has 1 aliphatic heterocycles. The van der Waals surface area contributed by atoms with E-state index in [1.54, 1.807) is 49.3 Å². The first-order valence-corrected chi connectivity index (χ1v) is 11.3. The molecule has 3 aromatic carbocycles. The Balaban J connectivity index is 1.42. The number of methoxy groups -OCH3 is 1. The number of halogens is 1. The van der Waals surface area contributed by atoms with Gasteiger partial charge in [0.25, 0.3) is 5.91 Å². The standard InChI is InChI=1S/C27H28FNO5/c1-18(30)7-8-19-9-12-25(26(15-19)32-2)34-17-20-16-29(13-14-33-20)27(31)23-10-11-24(28)22-6-4-3-5-21(22)23/h3-6,9-12,15,20H,7-8,13-14,16-17H2,1-2H3. The fourth-order valence-corrected chi connectivity index (χ4v) is 4.11. The second-order valence-corrected chi connectivity index (χ2v) is 8.38. The minimum Gasteiger partial charge on any atom is -0.493 e. The van der Waals surface area contributed by atoms with Gasteiger partial charge in [-0.1, -0.05) is 30.3 Å². The Hall–Kier alpha value is -3.45. The van der Waals surface area contributed by atoms with Gasteiger partial charge in [-0.15, -0.1) is 0 Å². The molecule has 3 aromatic rings. The van der Waals surface area contributed by atoms with Crippen LogP contribution in [-0.4, -0.2) is 56.1 Å². The van der Waals surface area contributed by atoms with Gasteiger partial charge in [0.2, 0.25) is 0 Å². The van der Waals surface area contributed by atoms with Crippen LogP contribution in [0.4, 0.5) is 4.39 Å². The van der Waals surface area contributed by atoms with Crippen molar-refractivity contribution in [1.82, 2.24) is 4.90 Å². The molecule has 4 rings (SSSR count). The molecule has 0 saturated carbocycles. The molecule has 0 radical (unpaired) electrons. The highest BCUT2D eigenvalue weighted by molar-refractivity contribution is 6.07. The zero-order valence-electron chi connectivity index (χ0n) is 19.4. The minimum absolute atomic E-state index is 0.140. The average molecular weight is 466 g/mol. The van der Waals surface area contributed by atoms with E-state index in [1.807, 2.05) is 18.2 Å². The highest BCUT2D eigenvalue weighted by atomic mass is 19.1. The minimum atomic E-state index is -0.346. The molecule has 1 atom stereocenters. The lowest BCUT2D eigenvalue weighted by Crippen LogP contribution is -2.47. The van der Waals surface area contributed by atoms with Gasteiger partial charge in [0.1, 0.15) is 24.3 Å². The van der Waals surface area contributed by atoms with Crippen LogP contribution in [0.15, 0.2) is 54.6 Å². The number of aryl methyl sites for hydroxylation is 1. The maximum atomic E-state index is 14.2. The Kier molecular flexibility index (Phi) is 7.43. The van der Waals surface area contributed by atoms with Crippen LogP contribution in [0.2, 0.25) is 0 Å². The van der Waals surface area contributed by atoms with Gasteiger partial charge in [0.05, 0.1) is 20.3 Å². The molecule has 1 saturated heterocycles. The first kappa shape index (κ1) is 23.7. The molecule has 0 aromatic heterocycles. The quantitative estimate of drug-likeness (QED) is 0.493. The van der Waals surface area contributed by atoms with Crippen LogP contribution >= 0.6 is 0 Å². The van der Waals surface area contributed by atoms with Crippen molar-refractivity contribution in [3.05, 3.63) is 71.5 Å². The lowest BCUT2D eigenvalue weighted by Gasteiger charge is -2.33. The smallest absolute Gasteiger partial charge is 0.254 e. The number of nitrogens with zero attached hydrogens (tertiary/aromatic N) is 1. The van der Waals surface area contributed by atoms with E-state index in [0.717, 1.165) is 5.56 Å². The fourth-order valence-electron chi connectivity index (χ4n) is 4.11. The molecule has 0 aliphatic carbocycles. The Morgan fingerprint density at radius 3 is 2.65 bits per heavy atom. The molecule has 1 fully saturated rings. The highest BCUT2D eigenvalue weighted by Crippen LogP contribution is 2.29. The van der Waals surface area contributed by atoms with Crippen LogP contribution in [0.3, 0.4) is 0 Å². The zero-order chi connectivity index (χ0) is 24.1. The molecular weight excluding hydrogens is 437 g/mol. The molecule has 1 heterocycles. The number of morpholine rings is 1. The van der Waals surface area contributed by atoms with Crippen molar-refractivity contribution in [3.63, 3.8) is 0 Å². The predicted molar refractivity (Wildman–Crippen MR) is 127 cm³/mol. The molecule has 6 nitrogen and oxygen atoms in total. The Bertz CT molecular complexity index is 1190. The van der Waals surface area contributed by atoms with Gasteiger partial charge in [0, 0.05) is 23.9 Å². The molecule has 34 heavy (non-hydrogen) atoms. The van der Waals surface area contributed by atoms with Crippen LogP contribution in [-0.2, 0) is 16.0 Å². The van der Waals surface area contributed by atoms with Gasteiger partial charge in [-0.25, -0.2) is 4.39 Å². The van der Waals surface area contributed by atoms with Crippen molar-refractivity contribution < 1.29 is 28.2 Å². The van der Waals surface area contributed by atoms with Crippen molar-refractivity contribution in [2.45, 2.75) is 25.9 Å². The number of Topliss-reactive ketones (excluding diaryl/α,β-unsaturated/α-hetero) is 1. The maximum Gasteiger partial charge on any atom is 0.254 e. The number of ether oxygens (including phenoxy) is 3. The summed E-state index contributed by atoms with van der Waals surface area (Å²) in [7, 11) is 1.57. The number of fused-ring (bicyclic) bond motifs is 1. The van der Waals surface area contributed by atoms with Gasteiger partial charge >= 0.3 is 0 Å². The molecule has 7 heteroatoms. The van der Waals surface area contributed by atoms with Gasteiger partial charge in [-0.3, -0.25) is 4.79 Å². The normalized spacial score (nSPS) is 15.9. The SMILES string of the molecule is COc1cc(CCC(C)=O)ccc1OCC1CN(C(=O)c2ccc(F)c3ccccc23)CCO1. The number of hydrogen-bond donors (Lipinski definition) is 0. The summed E-state index contributed by atoms with van der Waals surface area (Å²) in [5.74, 6) is 0.799. The summed E-state index contributed by atoms with van der Waals surface area (Å²) in [4.78, 5) is 26.2. The van der Waals surface area contributed by atoms with Gasteiger partial charge in [-0.05, 0) is 48.6 Å². The van der Waals surface area contributed by atoms with Crippen molar-refractivity contribution in [2.24, 2.45) is 0 Å². The Morgan fingerprint density at radius 1 is 1.09 bits per heavy atom. The van der Waals surface area contributed by atoms with E-state index in [1.165, 1.54) is 6.07 Å². The molecule has 0 spiro atoms. The summed E-state index contributed by atoms with van der Waals surface area (Å²) in [5, 5.41) is 1.03. The van der Waals surface area contributed by atoms with Crippen molar-refractivity contribution >= 4 is 22.5 Å². The number of carbonyl (C=O) groups excluding carboxylic acids is 2. The van der Waals surface area contributed by atoms with Gasteiger partial charge in [-0.2, -0.15) is 0 Å². The topological polar surface area (TPSA) is 65.1 Å². The average Bonchev–Trinajstić information content (AvgIpc) is 2.86. The summed E-state index contributed by atoms with van der Waals surface area (Å²) in [6.45, 7) is 3.03. The number of rotatable bonds is 8. The van der Waals surface area contributed by atoms with Crippen LogP contribution in [0, 0.1) is 5.82 Å². The largest absolute Gasteiger partial charge is 0.493 e. The van der Waals surface area contributed by atoms with E-state index in [4.69, 9.17) is 14.2 Å². The molecule has 1 aliphatic rings. The lowest BCUT2D eigenvalue weighted by atomic mass is 10.0. The summed E-state index contributed by atoms with van der Waals surface area (Å²) in [5.41, 5.74) is 1.47. The third-order valence-corrected chi connectivity index (χ3v) is 5.95. The predicted octanol–water partition coefficient (Wildman–Crippen LogP) is 4.43. The van der Waals surface area contributed by atoms with Crippen LogP contribution in [0.5, 0.6) is 11.5 Å². The summed E-state index contributed by atoms with van der Waals surface area (Å²) < 4.78 is 31.4. The first-order chi connectivity index (χ1) is 16.5. The third-order valence-electron chi connectivity index (χ3n) is 5.95. The Labute approximate surface area is 198 Å². The van der Waals surface area contributed by atoms with Crippen molar-refractivity contribution in [3.8, 4) is 11.5 Å². The molecule has 0 bridgehead atoms. The van der Waals surface area contributed by atoms with E-state index >= 15 is 0 Å². The summed E-state index contributed by atoms with van der Waals surface area (Å²) in [6, 6.07) is 15.5. The van der Waals surface area contributed by atoms with Gasteiger partial charge < -0.3 is 23.9 Å². The van der Waals surface area contributed by atoms with Crippen LogP contribution in [0.25, 0.3) is 10.8 Å². The fraction of sp³-hybridized carbons (Fsp3) is 0.333. The monoisotopic (exact) mass is 465 g/mol.